The van der Waals surface area contributed by atoms with Gasteiger partial charge in [-0.15, -0.1) is 11.3 Å². The second-order valence-corrected chi connectivity index (χ2v) is 8.78. The summed E-state index contributed by atoms with van der Waals surface area (Å²) in [4.78, 5) is 19.0. The van der Waals surface area contributed by atoms with Crippen LogP contribution in [0.5, 0.6) is 0 Å². The molecule has 1 aromatic carbocycles. The van der Waals surface area contributed by atoms with Crippen molar-refractivity contribution < 1.29 is 18.3 Å². The first-order valence-corrected chi connectivity index (χ1v) is 10.8. The molecule has 1 amide bonds. The topological polar surface area (TPSA) is 123 Å². The van der Waals surface area contributed by atoms with E-state index in [1.54, 1.807) is 31.2 Å². The monoisotopic (exact) mass is 408 g/mol. The van der Waals surface area contributed by atoms with Crippen LogP contribution in [0.1, 0.15) is 33.8 Å². The van der Waals surface area contributed by atoms with Gasteiger partial charge in [0.15, 0.2) is 5.13 Å². The van der Waals surface area contributed by atoms with Crippen molar-refractivity contribution in [3.05, 3.63) is 40.4 Å². The summed E-state index contributed by atoms with van der Waals surface area (Å²) in [6.45, 7) is 2.32. The summed E-state index contributed by atoms with van der Waals surface area (Å²) in [5, 5.41) is 18.5. The van der Waals surface area contributed by atoms with E-state index >= 15 is 0 Å². The molecule has 0 radical (unpaired) electrons. The number of amides is 1. The number of hydrogen-bond acceptors (Lipinski definition) is 8. The number of unbranched alkanes of at least 4 members (excludes halogenated alkanes) is 1. The van der Waals surface area contributed by atoms with Gasteiger partial charge in [-0.3, -0.25) is 4.79 Å². The minimum Gasteiger partial charge on any atom is -0.396 e. The van der Waals surface area contributed by atoms with E-state index in [2.05, 4.69) is 11.1 Å². The Morgan fingerprint density at radius 3 is 2.56 bits per heavy atom. The predicted molar refractivity (Wildman–Crippen MR) is 104 cm³/mol. The summed E-state index contributed by atoms with van der Waals surface area (Å²) < 4.78 is 24.5. The van der Waals surface area contributed by atoms with Gasteiger partial charge in [-0.2, -0.15) is 5.26 Å². The number of anilines is 2. The molecule has 0 saturated carbocycles. The Bertz CT molecular complexity index is 946. The van der Waals surface area contributed by atoms with Crippen molar-refractivity contribution in [2.24, 2.45) is 0 Å². The standard InChI is InChI=1S/C17H20N4O4S2/c1-12-15(16(23)20-27(2,24)25)19-17(26-12)21(9-3-4-10-22)14-7-5-13(11-18)6-8-14/h5-8,22H,3-4,9-10H2,1-2H3,(H,20,23). The summed E-state index contributed by atoms with van der Waals surface area (Å²) in [6.07, 6.45) is 2.21. The third-order valence-corrected chi connectivity index (χ3v) is 5.16. The first-order chi connectivity index (χ1) is 12.7. The highest BCUT2D eigenvalue weighted by atomic mass is 32.2. The van der Waals surface area contributed by atoms with Gasteiger partial charge in [0.05, 0.1) is 17.9 Å². The summed E-state index contributed by atoms with van der Waals surface area (Å²) in [5.74, 6) is -0.771. The van der Waals surface area contributed by atoms with Crippen molar-refractivity contribution in [1.29, 1.82) is 5.26 Å². The fourth-order valence-electron chi connectivity index (χ4n) is 2.36. The van der Waals surface area contributed by atoms with Gasteiger partial charge in [-0.05, 0) is 44.0 Å². The molecule has 0 aliphatic rings. The van der Waals surface area contributed by atoms with E-state index in [0.29, 0.717) is 35.0 Å². The van der Waals surface area contributed by atoms with Crippen LogP contribution in [0.2, 0.25) is 0 Å². The molecule has 2 aromatic rings. The van der Waals surface area contributed by atoms with E-state index < -0.39 is 15.9 Å². The van der Waals surface area contributed by atoms with Crippen LogP contribution in [0.4, 0.5) is 10.8 Å². The minimum absolute atomic E-state index is 0.0567. The highest BCUT2D eigenvalue weighted by Gasteiger charge is 2.22. The van der Waals surface area contributed by atoms with Crippen molar-refractivity contribution in [2.75, 3.05) is 24.3 Å². The second kappa shape index (κ2) is 8.94. The van der Waals surface area contributed by atoms with Gasteiger partial charge in [-0.25, -0.2) is 18.1 Å². The third-order valence-electron chi connectivity index (χ3n) is 3.61. The molecule has 0 saturated heterocycles. The number of aromatic nitrogens is 1. The number of carbonyl (C=O) groups excluding carboxylic acids is 1. The lowest BCUT2D eigenvalue weighted by Crippen LogP contribution is -2.30. The molecule has 0 spiro atoms. The number of aliphatic hydroxyl groups is 1. The number of rotatable bonds is 8. The van der Waals surface area contributed by atoms with E-state index in [9.17, 15) is 13.2 Å². The Hall–Kier alpha value is -2.48. The molecule has 1 heterocycles. The van der Waals surface area contributed by atoms with E-state index in [0.717, 1.165) is 11.9 Å². The van der Waals surface area contributed by atoms with Gasteiger partial charge in [0, 0.05) is 23.7 Å². The molecule has 144 valence electrons. The van der Waals surface area contributed by atoms with Crippen LogP contribution < -0.4 is 9.62 Å². The van der Waals surface area contributed by atoms with Crippen molar-refractivity contribution in [3.63, 3.8) is 0 Å². The van der Waals surface area contributed by atoms with E-state index in [4.69, 9.17) is 10.4 Å². The van der Waals surface area contributed by atoms with Crippen LogP contribution in [-0.4, -0.2) is 43.8 Å². The lowest BCUT2D eigenvalue weighted by Gasteiger charge is -2.22. The Kier molecular flexibility index (Phi) is 6.90. The molecule has 2 N–H and O–H groups in total. The van der Waals surface area contributed by atoms with E-state index in [-0.39, 0.29) is 12.3 Å². The zero-order valence-corrected chi connectivity index (χ0v) is 16.6. The molecule has 0 fully saturated rings. The fraction of sp³-hybridized carbons (Fsp3) is 0.353. The lowest BCUT2D eigenvalue weighted by molar-refractivity contribution is 0.0977. The third kappa shape index (κ3) is 5.75. The van der Waals surface area contributed by atoms with Crippen molar-refractivity contribution >= 4 is 38.1 Å². The largest absolute Gasteiger partial charge is 0.396 e. The van der Waals surface area contributed by atoms with Crippen LogP contribution in [0.3, 0.4) is 0 Å². The molecule has 8 nitrogen and oxygen atoms in total. The number of sulfonamides is 1. The molecule has 0 aliphatic heterocycles. The first-order valence-electron chi connectivity index (χ1n) is 8.13. The normalized spacial score (nSPS) is 11.0. The van der Waals surface area contributed by atoms with Gasteiger partial charge in [0.1, 0.15) is 5.69 Å². The van der Waals surface area contributed by atoms with Crippen molar-refractivity contribution in [2.45, 2.75) is 19.8 Å². The zero-order chi connectivity index (χ0) is 20.0. The molecule has 10 heteroatoms. The highest BCUT2D eigenvalue weighted by Crippen LogP contribution is 2.32. The maximum atomic E-state index is 12.2. The minimum atomic E-state index is -3.68. The summed E-state index contributed by atoms with van der Waals surface area (Å²) in [6, 6.07) is 9.00. The number of hydrogen-bond donors (Lipinski definition) is 2. The Labute approximate surface area is 162 Å². The molecule has 0 aliphatic carbocycles. The lowest BCUT2D eigenvalue weighted by atomic mass is 10.2. The number of carbonyl (C=O) groups is 1. The number of thiazole rings is 1. The summed E-state index contributed by atoms with van der Waals surface area (Å²) in [7, 11) is -3.68. The fourth-order valence-corrected chi connectivity index (χ4v) is 3.74. The Balaban J connectivity index is 2.36. The molecule has 27 heavy (non-hydrogen) atoms. The predicted octanol–water partition coefficient (Wildman–Crippen LogP) is 1.92. The second-order valence-electron chi connectivity index (χ2n) is 5.85. The summed E-state index contributed by atoms with van der Waals surface area (Å²) in [5.41, 5.74) is 1.37. The first kappa shape index (κ1) is 20.8. The van der Waals surface area contributed by atoms with Crippen molar-refractivity contribution in [3.8, 4) is 6.07 Å². The molecule has 1 aromatic heterocycles. The Morgan fingerprint density at radius 1 is 1.33 bits per heavy atom. The Morgan fingerprint density at radius 2 is 2.00 bits per heavy atom. The van der Waals surface area contributed by atoms with Crippen LogP contribution >= 0.6 is 11.3 Å². The van der Waals surface area contributed by atoms with E-state index in [1.165, 1.54) is 11.3 Å². The zero-order valence-electron chi connectivity index (χ0n) is 15.0. The van der Waals surface area contributed by atoms with Crippen LogP contribution in [0.15, 0.2) is 24.3 Å². The maximum Gasteiger partial charge on any atom is 0.284 e. The van der Waals surface area contributed by atoms with Crippen molar-refractivity contribution in [1.82, 2.24) is 9.71 Å². The number of nitrogens with one attached hydrogen (secondary N) is 1. The van der Waals surface area contributed by atoms with Gasteiger partial charge in [0.2, 0.25) is 10.0 Å². The average molecular weight is 409 g/mol. The number of aryl methyl sites for hydroxylation is 1. The molecular formula is C17H20N4O4S2. The highest BCUT2D eigenvalue weighted by molar-refractivity contribution is 7.89. The number of nitriles is 1. The van der Waals surface area contributed by atoms with E-state index in [1.807, 2.05) is 9.62 Å². The molecule has 0 bridgehead atoms. The molecular weight excluding hydrogens is 388 g/mol. The van der Waals surface area contributed by atoms with Gasteiger partial charge in [-0.1, -0.05) is 0 Å². The van der Waals surface area contributed by atoms with Gasteiger partial charge >= 0.3 is 0 Å². The summed E-state index contributed by atoms with van der Waals surface area (Å²) >= 11 is 1.27. The SMILES string of the molecule is Cc1sc(N(CCCCO)c2ccc(C#N)cc2)nc1C(=O)NS(C)(=O)=O. The molecule has 0 unspecified atom stereocenters. The average Bonchev–Trinajstić information content (AvgIpc) is 2.99. The number of aliphatic hydroxyl groups excluding tert-OH is 1. The number of nitrogens with zero attached hydrogens (tertiary/aromatic N) is 3. The number of benzene rings is 1. The van der Waals surface area contributed by atoms with Gasteiger partial charge in [0.25, 0.3) is 5.91 Å². The molecule has 2 rings (SSSR count). The quantitative estimate of drug-likeness (QED) is 0.640. The molecule has 0 atom stereocenters. The van der Waals surface area contributed by atoms with Gasteiger partial charge < -0.3 is 10.0 Å². The van der Waals surface area contributed by atoms with Crippen LogP contribution in [0.25, 0.3) is 0 Å². The van der Waals surface area contributed by atoms with Crippen LogP contribution in [0, 0.1) is 18.3 Å². The van der Waals surface area contributed by atoms with Crippen LogP contribution in [-0.2, 0) is 10.0 Å². The smallest absolute Gasteiger partial charge is 0.284 e. The maximum absolute atomic E-state index is 12.2.